The zero-order chi connectivity index (χ0) is 11.4. The number of nitrogens with one attached hydrogen (secondary N) is 1. The SMILES string of the molecule is OCC(CSc1ccc(Br)cn1)NC1CC1. The average Bonchev–Trinajstić information content (AvgIpc) is 3.10. The predicted molar refractivity (Wildman–Crippen MR) is 69.7 cm³/mol. The van der Waals surface area contributed by atoms with Gasteiger partial charge in [0.15, 0.2) is 0 Å². The van der Waals surface area contributed by atoms with Crippen LogP contribution in [0.5, 0.6) is 0 Å². The number of thioether (sulfide) groups is 1. The topological polar surface area (TPSA) is 45.2 Å². The molecule has 5 heteroatoms. The Morgan fingerprint density at radius 2 is 2.38 bits per heavy atom. The van der Waals surface area contributed by atoms with Crippen molar-refractivity contribution >= 4 is 27.7 Å². The second kappa shape index (κ2) is 6.00. The quantitative estimate of drug-likeness (QED) is 0.790. The summed E-state index contributed by atoms with van der Waals surface area (Å²) in [6, 6.07) is 4.79. The highest BCUT2D eigenvalue weighted by molar-refractivity contribution is 9.10. The Kier molecular flexibility index (Phi) is 4.64. The van der Waals surface area contributed by atoms with Crippen molar-refractivity contribution < 1.29 is 5.11 Å². The zero-order valence-electron chi connectivity index (χ0n) is 8.90. The molecular weight excluding hydrogens is 288 g/mol. The molecule has 0 radical (unpaired) electrons. The molecule has 1 aromatic rings. The molecule has 0 bridgehead atoms. The fourth-order valence-electron chi connectivity index (χ4n) is 1.37. The first-order valence-corrected chi connectivity index (χ1v) is 7.17. The molecule has 3 nitrogen and oxygen atoms in total. The Labute approximate surface area is 108 Å². The van der Waals surface area contributed by atoms with Crippen molar-refractivity contribution in [3.8, 4) is 0 Å². The van der Waals surface area contributed by atoms with Gasteiger partial charge in [-0.2, -0.15) is 0 Å². The summed E-state index contributed by atoms with van der Waals surface area (Å²) in [6.45, 7) is 0.194. The fourth-order valence-corrected chi connectivity index (χ4v) is 2.47. The van der Waals surface area contributed by atoms with E-state index in [2.05, 4.69) is 26.2 Å². The predicted octanol–water partition coefficient (Wildman–Crippen LogP) is 2.05. The Balaban J connectivity index is 1.77. The van der Waals surface area contributed by atoms with Crippen LogP contribution in [0, 0.1) is 0 Å². The van der Waals surface area contributed by atoms with Crippen LogP contribution in [0.1, 0.15) is 12.8 Å². The van der Waals surface area contributed by atoms with E-state index in [1.165, 1.54) is 12.8 Å². The molecule has 1 atom stereocenters. The number of nitrogens with zero attached hydrogens (tertiary/aromatic N) is 1. The number of aromatic nitrogens is 1. The number of rotatable bonds is 6. The summed E-state index contributed by atoms with van der Waals surface area (Å²) in [5.41, 5.74) is 0. The van der Waals surface area contributed by atoms with Gasteiger partial charge in [0.1, 0.15) is 0 Å². The largest absolute Gasteiger partial charge is 0.395 e. The van der Waals surface area contributed by atoms with Gasteiger partial charge in [-0.05, 0) is 40.9 Å². The molecule has 1 fully saturated rings. The Bertz CT molecular complexity index is 329. The second-order valence-corrected chi connectivity index (χ2v) is 5.90. The van der Waals surface area contributed by atoms with E-state index in [0.717, 1.165) is 15.3 Å². The van der Waals surface area contributed by atoms with Crippen molar-refractivity contribution in [3.63, 3.8) is 0 Å². The monoisotopic (exact) mass is 302 g/mol. The average molecular weight is 303 g/mol. The standard InChI is InChI=1S/C11H15BrN2OS/c12-8-1-4-11(13-5-8)16-7-10(6-15)14-9-2-3-9/h1,4-5,9-10,14-15H,2-3,6-7H2. The van der Waals surface area contributed by atoms with Crippen LogP contribution in [-0.2, 0) is 0 Å². The van der Waals surface area contributed by atoms with Crippen molar-refractivity contribution in [2.75, 3.05) is 12.4 Å². The molecule has 2 N–H and O–H groups in total. The molecule has 1 aromatic heterocycles. The summed E-state index contributed by atoms with van der Waals surface area (Å²) in [4.78, 5) is 4.29. The van der Waals surface area contributed by atoms with Crippen molar-refractivity contribution in [2.24, 2.45) is 0 Å². The van der Waals surface area contributed by atoms with Crippen LogP contribution in [0.15, 0.2) is 27.8 Å². The van der Waals surface area contributed by atoms with Gasteiger partial charge in [-0.15, -0.1) is 11.8 Å². The molecule has 1 unspecified atom stereocenters. The smallest absolute Gasteiger partial charge is 0.0961 e. The van der Waals surface area contributed by atoms with Crippen molar-refractivity contribution in [2.45, 2.75) is 30.0 Å². The molecule has 16 heavy (non-hydrogen) atoms. The normalized spacial score (nSPS) is 17.4. The Morgan fingerprint density at radius 3 is 2.94 bits per heavy atom. The fraction of sp³-hybridized carbons (Fsp3) is 0.545. The van der Waals surface area contributed by atoms with Crippen LogP contribution in [-0.4, -0.2) is 34.5 Å². The zero-order valence-corrected chi connectivity index (χ0v) is 11.3. The van der Waals surface area contributed by atoms with Gasteiger partial charge in [0.2, 0.25) is 0 Å². The summed E-state index contributed by atoms with van der Waals surface area (Å²) >= 11 is 5.03. The number of halogens is 1. The molecule has 0 aliphatic heterocycles. The third kappa shape index (κ3) is 4.05. The lowest BCUT2D eigenvalue weighted by Crippen LogP contribution is -2.36. The van der Waals surface area contributed by atoms with Gasteiger partial charge in [0, 0.05) is 28.5 Å². The first kappa shape index (κ1) is 12.4. The van der Waals surface area contributed by atoms with Crippen molar-refractivity contribution in [3.05, 3.63) is 22.8 Å². The number of pyridine rings is 1. The van der Waals surface area contributed by atoms with E-state index in [1.807, 2.05) is 12.1 Å². The van der Waals surface area contributed by atoms with Crippen LogP contribution in [0.2, 0.25) is 0 Å². The van der Waals surface area contributed by atoms with Gasteiger partial charge >= 0.3 is 0 Å². The summed E-state index contributed by atoms with van der Waals surface area (Å²) in [6.07, 6.45) is 4.29. The van der Waals surface area contributed by atoms with Gasteiger partial charge in [-0.25, -0.2) is 4.98 Å². The first-order chi connectivity index (χ1) is 7.78. The molecule has 0 spiro atoms. The molecule has 0 saturated heterocycles. The number of hydrogen-bond donors (Lipinski definition) is 2. The molecule has 1 heterocycles. The number of hydrogen-bond acceptors (Lipinski definition) is 4. The maximum atomic E-state index is 9.22. The minimum absolute atomic E-state index is 0.183. The van der Waals surface area contributed by atoms with Crippen molar-refractivity contribution in [1.29, 1.82) is 0 Å². The molecule has 88 valence electrons. The lowest BCUT2D eigenvalue weighted by Gasteiger charge is -2.14. The summed E-state index contributed by atoms with van der Waals surface area (Å²) in [5, 5.41) is 13.6. The minimum Gasteiger partial charge on any atom is -0.395 e. The van der Waals surface area contributed by atoms with E-state index in [1.54, 1.807) is 18.0 Å². The van der Waals surface area contributed by atoms with E-state index in [9.17, 15) is 5.11 Å². The second-order valence-electron chi connectivity index (χ2n) is 3.95. The van der Waals surface area contributed by atoms with E-state index in [4.69, 9.17) is 0 Å². The van der Waals surface area contributed by atoms with E-state index >= 15 is 0 Å². The van der Waals surface area contributed by atoms with Crippen LogP contribution >= 0.6 is 27.7 Å². The lowest BCUT2D eigenvalue weighted by molar-refractivity contribution is 0.253. The van der Waals surface area contributed by atoms with Crippen LogP contribution in [0.3, 0.4) is 0 Å². The molecular formula is C11H15BrN2OS. The maximum absolute atomic E-state index is 9.22. The van der Waals surface area contributed by atoms with Crippen LogP contribution in [0.25, 0.3) is 0 Å². The highest BCUT2D eigenvalue weighted by Gasteiger charge is 2.24. The highest BCUT2D eigenvalue weighted by Crippen LogP contribution is 2.22. The van der Waals surface area contributed by atoms with Gasteiger partial charge < -0.3 is 10.4 Å². The van der Waals surface area contributed by atoms with Gasteiger partial charge in [0.25, 0.3) is 0 Å². The summed E-state index contributed by atoms with van der Waals surface area (Å²) in [5.74, 6) is 0.863. The molecule has 1 aliphatic rings. The van der Waals surface area contributed by atoms with Gasteiger partial charge in [-0.1, -0.05) is 0 Å². The first-order valence-electron chi connectivity index (χ1n) is 5.39. The van der Waals surface area contributed by atoms with Crippen LogP contribution in [0.4, 0.5) is 0 Å². The number of aliphatic hydroxyl groups is 1. The molecule has 0 aromatic carbocycles. The summed E-state index contributed by atoms with van der Waals surface area (Å²) in [7, 11) is 0. The third-order valence-corrected chi connectivity index (χ3v) is 3.98. The molecule has 2 rings (SSSR count). The third-order valence-electron chi connectivity index (χ3n) is 2.40. The maximum Gasteiger partial charge on any atom is 0.0961 e. The highest BCUT2D eigenvalue weighted by atomic mass is 79.9. The molecule has 1 aliphatic carbocycles. The molecule has 1 saturated carbocycles. The lowest BCUT2D eigenvalue weighted by atomic mass is 10.3. The number of aliphatic hydroxyl groups excluding tert-OH is 1. The van der Waals surface area contributed by atoms with E-state index in [-0.39, 0.29) is 12.6 Å². The molecule has 0 amide bonds. The van der Waals surface area contributed by atoms with Gasteiger partial charge in [0.05, 0.1) is 11.6 Å². The van der Waals surface area contributed by atoms with Crippen LogP contribution < -0.4 is 5.32 Å². The Hall–Kier alpha value is -0.100. The Morgan fingerprint density at radius 1 is 1.56 bits per heavy atom. The van der Waals surface area contributed by atoms with Crippen molar-refractivity contribution in [1.82, 2.24) is 10.3 Å². The minimum atomic E-state index is 0.183. The van der Waals surface area contributed by atoms with Gasteiger partial charge in [-0.3, -0.25) is 0 Å². The van der Waals surface area contributed by atoms with E-state index < -0.39 is 0 Å². The van der Waals surface area contributed by atoms with E-state index in [0.29, 0.717) is 6.04 Å². The summed E-state index contributed by atoms with van der Waals surface area (Å²) < 4.78 is 0.992.